The normalized spacial score (nSPS) is 24.8. The lowest BCUT2D eigenvalue weighted by Gasteiger charge is -2.31. The molecule has 1 heterocycles. The molecule has 1 aliphatic heterocycles. The van der Waals surface area contributed by atoms with Crippen molar-refractivity contribution in [1.29, 1.82) is 0 Å². The summed E-state index contributed by atoms with van der Waals surface area (Å²) in [4.78, 5) is 10.6. The van der Waals surface area contributed by atoms with Gasteiger partial charge in [-0.25, -0.2) is 0 Å². The molecule has 1 atom stereocenters. The van der Waals surface area contributed by atoms with E-state index in [0.29, 0.717) is 0 Å². The standard InChI is InChI=1S/C14H19BO4S/c1-13(2)14(3,20)19-15(18-13)11-7-5-10(6-8-11)9-12(16)17-4/h5-8,20H,9H2,1-4H3. The molecule has 1 aromatic carbocycles. The van der Waals surface area contributed by atoms with E-state index in [1.807, 2.05) is 45.0 Å². The van der Waals surface area contributed by atoms with E-state index in [-0.39, 0.29) is 12.4 Å². The molecular weight excluding hydrogens is 275 g/mol. The number of hydrogen-bond acceptors (Lipinski definition) is 5. The topological polar surface area (TPSA) is 44.8 Å². The Balaban J connectivity index is 2.10. The zero-order chi connectivity index (χ0) is 15.0. The first kappa shape index (κ1) is 15.4. The molecule has 6 heteroatoms. The molecule has 1 unspecified atom stereocenters. The van der Waals surface area contributed by atoms with Gasteiger partial charge < -0.3 is 14.0 Å². The molecule has 1 saturated heterocycles. The molecule has 108 valence electrons. The third kappa shape index (κ3) is 3.02. The van der Waals surface area contributed by atoms with Gasteiger partial charge in [0.2, 0.25) is 0 Å². The molecule has 0 amide bonds. The summed E-state index contributed by atoms with van der Waals surface area (Å²) in [5, 5.41) is 0. The third-order valence-electron chi connectivity index (χ3n) is 3.68. The van der Waals surface area contributed by atoms with Crippen molar-refractivity contribution in [2.75, 3.05) is 7.11 Å². The first-order chi connectivity index (χ1) is 9.25. The maximum Gasteiger partial charge on any atom is 0.495 e. The van der Waals surface area contributed by atoms with E-state index >= 15 is 0 Å². The predicted molar refractivity (Wildman–Crippen MR) is 81.2 cm³/mol. The summed E-state index contributed by atoms with van der Waals surface area (Å²) in [6.07, 6.45) is 0.263. The van der Waals surface area contributed by atoms with Crippen LogP contribution in [0.4, 0.5) is 0 Å². The number of hydrogen-bond donors (Lipinski definition) is 1. The van der Waals surface area contributed by atoms with E-state index in [1.54, 1.807) is 0 Å². The molecule has 1 aromatic rings. The minimum Gasteiger partial charge on any atom is -0.469 e. The van der Waals surface area contributed by atoms with Crippen LogP contribution in [0, 0.1) is 0 Å². The van der Waals surface area contributed by atoms with Crippen LogP contribution in [0.3, 0.4) is 0 Å². The van der Waals surface area contributed by atoms with Gasteiger partial charge in [0.1, 0.15) is 4.93 Å². The van der Waals surface area contributed by atoms with Crippen LogP contribution in [0.1, 0.15) is 26.3 Å². The first-order valence-electron chi connectivity index (χ1n) is 6.49. The molecule has 2 rings (SSSR count). The van der Waals surface area contributed by atoms with Crippen LogP contribution < -0.4 is 5.46 Å². The Hall–Kier alpha value is -0.975. The highest BCUT2D eigenvalue weighted by Crippen LogP contribution is 2.39. The highest BCUT2D eigenvalue weighted by atomic mass is 32.1. The van der Waals surface area contributed by atoms with E-state index in [4.69, 9.17) is 9.31 Å². The fourth-order valence-electron chi connectivity index (χ4n) is 1.92. The van der Waals surface area contributed by atoms with Crippen molar-refractivity contribution < 1.29 is 18.8 Å². The first-order valence-corrected chi connectivity index (χ1v) is 6.93. The second kappa shape index (κ2) is 5.43. The lowest BCUT2D eigenvalue weighted by atomic mass is 9.79. The van der Waals surface area contributed by atoms with E-state index in [2.05, 4.69) is 17.4 Å². The summed E-state index contributed by atoms with van der Waals surface area (Å²) >= 11 is 4.51. The quantitative estimate of drug-likeness (QED) is 0.522. The van der Waals surface area contributed by atoms with Crippen molar-refractivity contribution in [3.8, 4) is 0 Å². The van der Waals surface area contributed by atoms with Crippen LogP contribution in [-0.2, 0) is 25.3 Å². The Labute approximate surface area is 125 Å². The zero-order valence-electron chi connectivity index (χ0n) is 12.2. The molecule has 0 aromatic heterocycles. The van der Waals surface area contributed by atoms with Gasteiger partial charge in [-0.15, -0.1) is 12.6 Å². The summed E-state index contributed by atoms with van der Waals surface area (Å²) in [7, 11) is 0.937. The Morgan fingerprint density at radius 2 is 1.85 bits per heavy atom. The number of benzene rings is 1. The number of carbonyl (C=O) groups is 1. The monoisotopic (exact) mass is 294 g/mol. The Bertz CT molecular complexity index is 482. The molecule has 0 radical (unpaired) electrons. The number of esters is 1. The van der Waals surface area contributed by atoms with Crippen molar-refractivity contribution in [1.82, 2.24) is 0 Å². The molecule has 0 aliphatic carbocycles. The van der Waals surface area contributed by atoms with Crippen LogP contribution in [0.15, 0.2) is 24.3 Å². The second-order valence-electron chi connectivity index (χ2n) is 5.56. The number of carbonyl (C=O) groups excluding carboxylic acids is 1. The summed E-state index contributed by atoms with van der Waals surface area (Å²) < 4.78 is 16.4. The molecule has 1 fully saturated rings. The van der Waals surface area contributed by atoms with Crippen molar-refractivity contribution in [3.63, 3.8) is 0 Å². The molecule has 0 spiro atoms. The molecule has 4 nitrogen and oxygen atoms in total. The Kier molecular flexibility index (Phi) is 4.18. The van der Waals surface area contributed by atoms with E-state index < -0.39 is 17.7 Å². The molecular formula is C14H19BO4S. The molecule has 0 bridgehead atoms. The lowest BCUT2D eigenvalue weighted by Crippen LogP contribution is -2.39. The van der Waals surface area contributed by atoms with Gasteiger partial charge in [0.25, 0.3) is 0 Å². The molecule has 0 N–H and O–H groups in total. The van der Waals surface area contributed by atoms with Crippen LogP contribution in [0.25, 0.3) is 0 Å². The molecule has 1 aliphatic rings. The fourth-order valence-corrected chi connectivity index (χ4v) is 2.07. The van der Waals surface area contributed by atoms with E-state index in [1.165, 1.54) is 7.11 Å². The predicted octanol–water partition coefficient (Wildman–Crippen LogP) is 1.57. The van der Waals surface area contributed by atoms with Gasteiger partial charge in [0.15, 0.2) is 0 Å². The van der Waals surface area contributed by atoms with Crippen LogP contribution >= 0.6 is 12.6 Å². The molecule has 20 heavy (non-hydrogen) atoms. The van der Waals surface area contributed by atoms with Crippen molar-refractivity contribution in [2.45, 2.75) is 37.7 Å². The minimum atomic E-state index is -0.650. The second-order valence-corrected chi connectivity index (χ2v) is 6.41. The molecule has 0 saturated carbocycles. The number of methoxy groups -OCH3 is 1. The van der Waals surface area contributed by atoms with Gasteiger partial charge in [-0.05, 0) is 31.8 Å². The SMILES string of the molecule is COC(=O)Cc1ccc(B2OC(C)(C)C(C)(S)O2)cc1. The van der Waals surface area contributed by atoms with Crippen molar-refractivity contribution >= 4 is 31.2 Å². The van der Waals surface area contributed by atoms with Crippen LogP contribution in [0.5, 0.6) is 0 Å². The van der Waals surface area contributed by atoms with Crippen molar-refractivity contribution in [2.24, 2.45) is 0 Å². The Morgan fingerprint density at radius 1 is 1.25 bits per heavy atom. The largest absolute Gasteiger partial charge is 0.495 e. The minimum absolute atomic E-state index is 0.254. The van der Waals surface area contributed by atoms with Crippen LogP contribution in [-0.4, -0.2) is 30.7 Å². The zero-order valence-corrected chi connectivity index (χ0v) is 13.1. The van der Waals surface area contributed by atoms with Gasteiger partial charge in [0, 0.05) is 0 Å². The average Bonchev–Trinajstić information content (AvgIpc) is 2.59. The lowest BCUT2D eigenvalue weighted by molar-refractivity contribution is -0.139. The van der Waals surface area contributed by atoms with Gasteiger partial charge >= 0.3 is 13.1 Å². The maximum atomic E-state index is 11.2. The smallest absolute Gasteiger partial charge is 0.469 e. The number of ether oxygens (including phenoxy) is 1. The van der Waals surface area contributed by atoms with Gasteiger partial charge in [-0.1, -0.05) is 24.3 Å². The average molecular weight is 294 g/mol. The van der Waals surface area contributed by atoms with Crippen molar-refractivity contribution in [3.05, 3.63) is 29.8 Å². The third-order valence-corrected chi connectivity index (χ3v) is 4.33. The highest BCUT2D eigenvalue weighted by Gasteiger charge is 2.52. The summed E-state index contributed by atoms with van der Waals surface area (Å²) in [5.41, 5.74) is 1.32. The summed E-state index contributed by atoms with van der Waals surface area (Å²) in [6, 6.07) is 7.54. The van der Waals surface area contributed by atoms with Gasteiger partial charge in [0.05, 0.1) is 19.1 Å². The maximum absolute atomic E-state index is 11.2. The number of thiol groups is 1. The van der Waals surface area contributed by atoms with Crippen LogP contribution in [0.2, 0.25) is 0 Å². The van der Waals surface area contributed by atoms with E-state index in [0.717, 1.165) is 11.0 Å². The summed E-state index contributed by atoms with van der Waals surface area (Å²) in [5.74, 6) is -0.254. The fraction of sp³-hybridized carbons (Fsp3) is 0.500. The highest BCUT2D eigenvalue weighted by molar-refractivity contribution is 7.81. The van der Waals surface area contributed by atoms with Gasteiger partial charge in [-0.2, -0.15) is 0 Å². The van der Waals surface area contributed by atoms with E-state index in [9.17, 15) is 4.79 Å². The Morgan fingerprint density at radius 3 is 2.30 bits per heavy atom. The number of rotatable bonds is 3. The van der Waals surface area contributed by atoms with Gasteiger partial charge in [-0.3, -0.25) is 4.79 Å². The summed E-state index contributed by atoms with van der Waals surface area (Å²) in [6.45, 7) is 5.79.